The zero-order valence-electron chi connectivity index (χ0n) is 15.0. The second-order valence-corrected chi connectivity index (χ2v) is 7.86. The summed E-state index contributed by atoms with van der Waals surface area (Å²) in [6.45, 7) is 0.722. The van der Waals surface area contributed by atoms with Gasteiger partial charge in [-0.2, -0.15) is 0 Å². The van der Waals surface area contributed by atoms with Gasteiger partial charge in [0.15, 0.2) is 6.10 Å². The molecule has 2 aliphatic heterocycles. The van der Waals surface area contributed by atoms with Crippen LogP contribution in [-0.2, 0) is 14.4 Å². The van der Waals surface area contributed by atoms with E-state index in [1.54, 1.807) is 22.9 Å². The number of likely N-dealkylation sites (N-methyl/N-ethyl adjacent to an activating group) is 1. The number of thioether (sulfide) groups is 1. The van der Waals surface area contributed by atoms with Crippen molar-refractivity contribution >= 4 is 51.7 Å². The Kier molecular flexibility index (Phi) is 6.33. The SMILES string of the molecule is CNC(=O)[C@@H]1CN(C(=O)CCCCN2C(=O)CSC2=S)c2ccccc2O1. The van der Waals surface area contributed by atoms with Gasteiger partial charge in [-0.3, -0.25) is 19.3 Å². The fraction of sp³-hybridized carbons (Fsp3) is 0.444. The summed E-state index contributed by atoms with van der Waals surface area (Å²) in [5.41, 5.74) is 0.676. The van der Waals surface area contributed by atoms with E-state index in [0.29, 0.717) is 47.3 Å². The van der Waals surface area contributed by atoms with Crippen molar-refractivity contribution in [2.75, 3.05) is 30.8 Å². The maximum absolute atomic E-state index is 12.8. The second kappa shape index (κ2) is 8.71. The molecule has 1 atom stereocenters. The number of rotatable bonds is 6. The average Bonchev–Trinajstić information content (AvgIpc) is 3.01. The number of carbonyl (C=O) groups excluding carboxylic acids is 3. The molecule has 0 radical (unpaired) electrons. The van der Waals surface area contributed by atoms with Gasteiger partial charge in [0.1, 0.15) is 10.1 Å². The summed E-state index contributed by atoms with van der Waals surface area (Å²) in [6.07, 6.45) is 0.935. The molecule has 7 nitrogen and oxygen atoms in total. The van der Waals surface area contributed by atoms with Crippen LogP contribution in [-0.4, -0.2) is 58.9 Å². The molecule has 0 aromatic heterocycles. The number of benzene rings is 1. The lowest BCUT2D eigenvalue weighted by Gasteiger charge is -2.34. The van der Waals surface area contributed by atoms with Gasteiger partial charge in [-0.25, -0.2) is 0 Å². The van der Waals surface area contributed by atoms with Gasteiger partial charge in [-0.05, 0) is 25.0 Å². The summed E-state index contributed by atoms with van der Waals surface area (Å²) >= 11 is 6.53. The molecule has 1 aromatic rings. The number of unbranched alkanes of at least 4 members (excludes halogenated alkanes) is 1. The summed E-state index contributed by atoms with van der Waals surface area (Å²) in [7, 11) is 1.54. The number of ether oxygens (including phenoxy) is 1. The lowest BCUT2D eigenvalue weighted by atomic mass is 10.1. The van der Waals surface area contributed by atoms with Crippen LogP contribution < -0.4 is 15.0 Å². The molecule has 0 aliphatic carbocycles. The Morgan fingerprint density at radius 2 is 2.11 bits per heavy atom. The van der Waals surface area contributed by atoms with Gasteiger partial charge < -0.3 is 15.0 Å². The number of amides is 3. The monoisotopic (exact) mass is 407 g/mol. The molecule has 1 saturated heterocycles. The number of nitrogens with one attached hydrogen (secondary N) is 1. The summed E-state index contributed by atoms with van der Waals surface area (Å²) < 4.78 is 6.33. The fourth-order valence-corrected chi connectivity index (χ4v) is 4.17. The molecule has 0 spiro atoms. The van der Waals surface area contributed by atoms with Gasteiger partial charge in [0, 0.05) is 20.0 Å². The van der Waals surface area contributed by atoms with Gasteiger partial charge in [0.2, 0.25) is 11.8 Å². The van der Waals surface area contributed by atoms with Crippen molar-refractivity contribution in [1.82, 2.24) is 10.2 Å². The quantitative estimate of drug-likeness (QED) is 0.570. The van der Waals surface area contributed by atoms with Crippen LogP contribution in [0, 0.1) is 0 Å². The van der Waals surface area contributed by atoms with Crippen LogP contribution in [0.15, 0.2) is 24.3 Å². The smallest absolute Gasteiger partial charge is 0.262 e. The topological polar surface area (TPSA) is 79.0 Å². The Morgan fingerprint density at radius 3 is 2.81 bits per heavy atom. The van der Waals surface area contributed by atoms with Crippen molar-refractivity contribution in [3.05, 3.63) is 24.3 Å². The number of carbonyl (C=O) groups is 3. The molecule has 0 bridgehead atoms. The number of hydrogen-bond acceptors (Lipinski definition) is 6. The first-order valence-corrected chi connectivity index (χ1v) is 10.2. The molecule has 0 unspecified atom stereocenters. The van der Waals surface area contributed by atoms with Crippen LogP contribution in [0.4, 0.5) is 5.69 Å². The number of anilines is 1. The van der Waals surface area contributed by atoms with Crippen molar-refractivity contribution in [3.8, 4) is 5.75 Å². The first-order valence-electron chi connectivity index (χ1n) is 8.76. The zero-order chi connectivity index (χ0) is 19.4. The lowest BCUT2D eigenvalue weighted by molar-refractivity contribution is -0.128. The summed E-state index contributed by atoms with van der Waals surface area (Å²) in [6, 6.07) is 7.20. The average molecular weight is 408 g/mol. The number of fused-ring (bicyclic) bond motifs is 1. The normalized spacial score (nSPS) is 18.9. The molecule has 3 rings (SSSR count). The Bertz CT molecular complexity index is 755. The van der Waals surface area contributed by atoms with Crippen molar-refractivity contribution in [3.63, 3.8) is 0 Å². The third-order valence-electron chi connectivity index (χ3n) is 4.48. The summed E-state index contributed by atoms with van der Waals surface area (Å²) in [4.78, 5) is 39.7. The van der Waals surface area contributed by atoms with E-state index in [4.69, 9.17) is 17.0 Å². The molecular formula is C18H21N3O4S2. The van der Waals surface area contributed by atoms with Crippen molar-refractivity contribution in [2.24, 2.45) is 0 Å². The first-order chi connectivity index (χ1) is 13.0. The summed E-state index contributed by atoms with van der Waals surface area (Å²) in [5, 5.41) is 2.56. The lowest BCUT2D eigenvalue weighted by Crippen LogP contribution is -2.50. The Balaban J connectivity index is 1.59. The summed E-state index contributed by atoms with van der Waals surface area (Å²) in [5.74, 6) is 0.635. The maximum Gasteiger partial charge on any atom is 0.262 e. The molecule has 1 aromatic carbocycles. The minimum absolute atomic E-state index is 0.0341. The van der Waals surface area contributed by atoms with Crippen LogP contribution >= 0.6 is 24.0 Å². The van der Waals surface area contributed by atoms with Gasteiger partial charge in [0.25, 0.3) is 5.91 Å². The minimum Gasteiger partial charge on any atom is -0.477 e. The predicted molar refractivity (Wildman–Crippen MR) is 108 cm³/mol. The fourth-order valence-electron chi connectivity index (χ4n) is 3.05. The van der Waals surface area contributed by atoms with E-state index in [0.717, 1.165) is 0 Å². The van der Waals surface area contributed by atoms with Gasteiger partial charge in [-0.15, -0.1) is 0 Å². The number of para-hydroxylation sites is 2. The van der Waals surface area contributed by atoms with Crippen molar-refractivity contribution in [1.29, 1.82) is 0 Å². The molecule has 2 heterocycles. The molecular weight excluding hydrogens is 386 g/mol. The highest BCUT2D eigenvalue weighted by atomic mass is 32.2. The van der Waals surface area contributed by atoms with Gasteiger partial charge >= 0.3 is 0 Å². The van der Waals surface area contributed by atoms with E-state index in [-0.39, 0.29) is 24.3 Å². The van der Waals surface area contributed by atoms with Crippen LogP contribution in [0.3, 0.4) is 0 Å². The standard InChI is InChI=1S/C18H21N3O4S2/c1-19-17(24)14-10-21(12-6-2-3-7-13(12)25-14)15(22)8-4-5-9-20-16(23)11-27-18(20)26/h2-3,6-7,14H,4-5,8-11H2,1H3,(H,19,24)/t14-/m0/s1. The molecule has 1 fully saturated rings. The van der Waals surface area contributed by atoms with E-state index < -0.39 is 6.10 Å². The van der Waals surface area contributed by atoms with E-state index >= 15 is 0 Å². The Morgan fingerprint density at radius 1 is 1.33 bits per heavy atom. The van der Waals surface area contributed by atoms with Crippen molar-refractivity contribution < 1.29 is 19.1 Å². The molecule has 27 heavy (non-hydrogen) atoms. The van der Waals surface area contributed by atoms with Crippen LogP contribution in [0.2, 0.25) is 0 Å². The van der Waals surface area contributed by atoms with Crippen LogP contribution in [0.1, 0.15) is 19.3 Å². The number of thiocarbonyl (C=S) groups is 1. The number of hydrogen-bond donors (Lipinski definition) is 1. The van der Waals surface area contributed by atoms with E-state index in [1.807, 2.05) is 18.2 Å². The molecule has 1 N–H and O–H groups in total. The van der Waals surface area contributed by atoms with E-state index in [2.05, 4.69) is 5.32 Å². The molecule has 2 aliphatic rings. The van der Waals surface area contributed by atoms with Crippen molar-refractivity contribution in [2.45, 2.75) is 25.4 Å². The highest BCUT2D eigenvalue weighted by molar-refractivity contribution is 8.23. The molecule has 9 heteroatoms. The Labute approximate surface area is 167 Å². The molecule has 144 valence electrons. The minimum atomic E-state index is -0.731. The van der Waals surface area contributed by atoms with E-state index in [1.165, 1.54) is 11.8 Å². The Hall–Kier alpha value is -2.13. The third-order valence-corrected chi connectivity index (χ3v) is 5.91. The van der Waals surface area contributed by atoms with Crippen LogP contribution in [0.25, 0.3) is 0 Å². The van der Waals surface area contributed by atoms with Crippen LogP contribution in [0.5, 0.6) is 5.75 Å². The van der Waals surface area contributed by atoms with Gasteiger partial charge in [0.05, 0.1) is 18.0 Å². The highest BCUT2D eigenvalue weighted by Crippen LogP contribution is 2.33. The zero-order valence-corrected chi connectivity index (χ0v) is 16.6. The highest BCUT2D eigenvalue weighted by Gasteiger charge is 2.33. The molecule has 3 amide bonds. The first kappa shape index (κ1) is 19.6. The largest absolute Gasteiger partial charge is 0.477 e. The predicted octanol–water partition coefficient (Wildman–Crippen LogP) is 1.56. The van der Waals surface area contributed by atoms with Gasteiger partial charge in [-0.1, -0.05) is 36.1 Å². The maximum atomic E-state index is 12.8. The van der Waals surface area contributed by atoms with E-state index in [9.17, 15) is 14.4 Å². The molecule has 0 saturated carbocycles. The number of nitrogens with zero attached hydrogens (tertiary/aromatic N) is 2. The third kappa shape index (κ3) is 4.41. The second-order valence-electron chi connectivity index (χ2n) is 6.25.